The van der Waals surface area contributed by atoms with Crippen LogP contribution in [0.1, 0.15) is 6.42 Å². The number of carbonyl (C=O) groups is 1. The number of carbonyl (C=O) groups excluding carboxylic acids is 1. The molecule has 4 N–H and O–H groups in total. The Labute approximate surface area is 140 Å². The topological polar surface area (TPSA) is 82.6 Å². The highest BCUT2D eigenvalue weighted by Gasteiger charge is 2.27. The number of aliphatic hydroxyl groups is 1. The van der Waals surface area contributed by atoms with E-state index in [1.165, 1.54) is 0 Å². The molecular weight excluding hydrogens is 306 g/mol. The lowest BCUT2D eigenvalue weighted by atomic mass is 10.2. The Morgan fingerprint density at radius 2 is 1.67 bits per heavy atom. The quantitative estimate of drug-likeness (QED) is 0.676. The van der Waals surface area contributed by atoms with E-state index in [9.17, 15) is 9.90 Å². The molecule has 1 saturated heterocycles. The van der Waals surface area contributed by atoms with Gasteiger partial charge < -0.3 is 25.8 Å². The Morgan fingerprint density at radius 3 is 2.21 bits per heavy atom. The third-order valence-corrected chi connectivity index (χ3v) is 3.96. The fraction of sp³-hybridized carbons (Fsp3) is 0.278. The summed E-state index contributed by atoms with van der Waals surface area (Å²) in [5.74, 6) is 0.687. The van der Waals surface area contributed by atoms with Gasteiger partial charge in [0, 0.05) is 23.6 Å². The average molecular weight is 327 g/mol. The molecule has 6 heteroatoms. The van der Waals surface area contributed by atoms with Crippen LogP contribution in [0, 0.1) is 0 Å². The summed E-state index contributed by atoms with van der Waals surface area (Å²) in [4.78, 5) is 12.1. The molecule has 0 radical (unpaired) electrons. The monoisotopic (exact) mass is 327 g/mol. The van der Waals surface area contributed by atoms with E-state index in [1.54, 1.807) is 7.11 Å². The second-order valence-corrected chi connectivity index (χ2v) is 5.77. The van der Waals surface area contributed by atoms with E-state index in [0.29, 0.717) is 13.0 Å². The summed E-state index contributed by atoms with van der Waals surface area (Å²) in [6.07, 6.45) is -0.0000233. The van der Waals surface area contributed by atoms with E-state index >= 15 is 0 Å². The number of rotatable bonds is 5. The summed E-state index contributed by atoms with van der Waals surface area (Å²) in [6, 6.07) is 14.8. The van der Waals surface area contributed by atoms with Crippen LogP contribution in [0.15, 0.2) is 48.5 Å². The Bertz CT molecular complexity index is 686. The van der Waals surface area contributed by atoms with Gasteiger partial charge in [0.1, 0.15) is 5.75 Å². The molecule has 0 aliphatic carbocycles. The SMILES string of the molecule is COc1ccc(Nc2ccc(NC(=O)[C@H]3C[C@@H](O)CN3)cc2)cc1. The van der Waals surface area contributed by atoms with Gasteiger partial charge in [-0.05, 0) is 55.0 Å². The molecule has 0 spiro atoms. The zero-order valence-corrected chi connectivity index (χ0v) is 13.5. The third-order valence-electron chi connectivity index (χ3n) is 3.96. The van der Waals surface area contributed by atoms with Gasteiger partial charge in [-0.2, -0.15) is 0 Å². The lowest BCUT2D eigenvalue weighted by Gasteiger charge is -2.12. The van der Waals surface area contributed by atoms with Gasteiger partial charge >= 0.3 is 0 Å². The van der Waals surface area contributed by atoms with Gasteiger partial charge in [0.15, 0.2) is 0 Å². The molecule has 0 unspecified atom stereocenters. The Hall–Kier alpha value is -2.57. The number of benzene rings is 2. The summed E-state index contributed by atoms with van der Waals surface area (Å²) >= 11 is 0. The molecule has 0 saturated carbocycles. The van der Waals surface area contributed by atoms with E-state index in [4.69, 9.17) is 4.74 Å². The average Bonchev–Trinajstić information content (AvgIpc) is 3.04. The van der Waals surface area contributed by atoms with Crippen molar-refractivity contribution in [2.75, 3.05) is 24.3 Å². The molecule has 1 fully saturated rings. The van der Waals surface area contributed by atoms with E-state index in [0.717, 1.165) is 22.8 Å². The molecule has 6 nitrogen and oxygen atoms in total. The molecule has 2 aromatic carbocycles. The molecule has 3 rings (SSSR count). The predicted octanol–water partition coefficient (Wildman–Crippen LogP) is 2.10. The van der Waals surface area contributed by atoms with Crippen molar-refractivity contribution in [1.29, 1.82) is 0 Å². The fourth-order valence-corrected chi connectivity index (χ4v) is 2.62. The Kier molecular flexibility index (Phi) is 4.98. The first kappa shape index (κ1) is 16.3. The van der Waals surface area contributed by atoms with Crippen LogP contribution in [0.2, 0.25) is 0 Å². The second-order valence-electron chi connectivity index (χ2n) is 5.77. The number of ether oxygens (including phenoxy) is 1. The fourth-order valence-electron chi connectivity index (χ4n) is 2.62. The van der Waals surface area contributed by atoms with Crippen LogP contribution in [0.4, 0.5) is 17.1 Å². The van der Waals surface area contributed by atoms with Crippen molar-refractivity contribution in [3.8, 4) is 5.75 Å². The minimum absolute atomic E-state index is 0.123. The van der Waals surface area contributed by atoms with Crippen molar-refractivity contribution < 1.29 is 14.6 Å². The molecular formula is C18H21N3O3. The zero-order valence-electron chi connectivity index (χ0n) is 13.5. The largest absolute Gasteiger partial charge is 0.497 e. The van der Waals surface area contributed by atoms with E-state index < -0.39 is 6.10 Å². The van der Waals surface area contributed by atoms with Gasteiger partial charge in [-0.15, -0.1) is 0 Å². The molecule has 1 aliphatic rings. The van der Waals surface area contributed by atoms with Crippen molar-refractivity contribution in [2.24, 2.45) is 0 Å². The maximum atomic E-state index is 12.1. The maximum absolute atomic E-state index is 12.1. The lowest BCUT2D eigenvalue weighted by molar-refractivity contribution is -0.117. The summed E-state index contributed by atoms with van der Waals surface area (Å²) in [7, 11) is 1.64. The van der Waals surface area contributed by atoms with Crippen molar-refractivity contribution >= 4 is 23.0 Å². The second kappa shape index (κ2) is 7.33. The van der Waals surface area contributed by atoms with Crippen molar-refractivity contribution in [3.05, 3.63) is 48.5 Å². The van der Waals surface area contributed by atoms with Crippen molar-refractivity contribution in [1.82, 2.24) is 5.32 Å². The Balaban J connectivity index is 1.57. The number of hydrogen-bond donors (Lipinski definition) is 4. The maximum Gasteiger partial charge on any atom is 0.241 e. The van der Waals surface area contributed by atoms with E-state index in [-0.39, 0.29) is 11.9 Å². The van der Waals surface area contributed by atoms with Gasteiger partial charge in [0.2, 0.25) is 5.91 Å². The van der Waals surface area contributed by atoms with Gasteiger partial charge in [-0.3, -0.25) is 4.79 Å². The normalized spacial score (nSPS) is 19.8. The van der Waals surface area contributed by atoms with Crippen LogP contribution in [0.25, 0.3) is 0 Å². The number of aliphatic hydroxyl groups excluding tert-OH is 1. The number of amides is 1. The molecule has 2 aromatic rings. The highest BCUT2D eigenvalue weighted by molar-refractivity contribution is 5.95. The van der Waals surface area contributed by atoms with Crippen molar-refractivity contribution in [2.45, 2.75) is 18.6 Å². The summed E-state index contributed by atoms with van der Waals surface area (Å²) in [5.41, 5.74) is 2.60. The molecule has 126 valence electrons. The zero-order chi connectivity index (χ0) is 16.9. The van der Waals surface area contributed by atoms with E-state index in [2.05, 4.69) is 16.0 Å². The van der Waals surface area contributed by atoms with Crippen LogP contribution in [0.5, 0.6) is 5.75 Å². The molecule has 24 heavy (non-hydrogen) atoms. The third kappa shape index (κ3) is 4.04. The number of anilines is 3. The number of hydrogen-bond acceptors (Lipinski definition) is 5. The van der Waals surface area contributed by atoms with Crippen LogP contribution < -0.4 is 20.7 Å². The highest BCUT2D eigenvalue weighted by atomic mass is 16.5. The Morgan fingerprint density at radius 1 is 1.08 bits per heavy atom. The highest BCUT2D eigenvalue weighted by Crippen LogP contribution is 2.21. The lowest BCUT2D eigenvalue weighted by Crippen LogP contribution is -2.35. The van der Waals surface area contributed by atoms with Gasteiger partial charge in [-0.25, -0.2) is 0 Å². The number of nitrogens with one attached hydrogen (secondary N) is 3. The van der Waals surface area contributed by atoms with Gasteiger partial charge in [0.25, 0.3) is 0 Å². The molecule has 2 atom stereocenters. The van der Waals surface area contributed by atoms with Crippen LogP contribution in [-0.2, 0) is 4.79 Å². The molecule has 1 aliphatic heterocycles. The molecule has 0 bridgehead atoms. The summed E-state index contributed by atoms with van der Waals surface area (Å²) < 4.78 is 5.13. The first-order chi connectivity index (χ1) is 11.6. The first-order valence-corrected chi connectivity index (χ1v) is 7.87. The predicted molar refractivity (Wildman–Crippen MR) is 93.8 cm³/mol. The number of β-amino-alcohol motifs (C(OH)–C–C–N with tert-alkyl or cyclic N) is 1. The first-order valence-electron chi connectivity index (χ1n) is 7.87. The minimum atomic E-state index is -0.447. The van der Waals surface area contributed by atoms with Crippen LogP contribution in [-0.4, -0.2) is 36.8 Å². The molecule has 1 heterocycles. The van der Waals surface area contributed by atoms with Gasteiger partial charge in [0.05, 0.1) is 19.3 Å². The number of methoxy groups -OCH3 is 1. The minimum Gasteiger partial charge on any atom is -0.497 e. The van der Waals surface area contributed by atoms with Crippen molar-refractivity contribution in [3.63, 3.8) is 0 Å². The van der Waals surface area contributed by atoms with Crippen LogP contribution in [0.3, 0.4) is 0 Å². The smallest absolute Gasteiger partial charge is 0.241 e. The van der Waals surface area contributed by atoms with E-state index in [1.807, 2.05) is 48.5 Å². The van der Waals surface area contributed by atoms with Crippen LogP contribution >= 0.6 is 0 Å². The van der Waals surface area contributed by atoms with Gasteiger partial charge in [-0.1, -0.05) is 0 Å². The molecule has 1 amide bonds. The summed E-state index contributed by atoms with van der Waals surface area (Å²) in [5, 5.41) is 18.6. The summed E-state index contributed by atoms with van der Waals surface area (Å²) in [6.45, 7) is 0.461. The molecule has 0 aromatic heterocycles. The standard InChI is InChI=1S/C18H21N3O3/c1-24-16-8-6-13(7-9-16)20-12-2-4-14(5-3-12)21-18(23)17-10-15(22)11-19-17/h2-9,15,17,19-20,22H,10-11H2,1H3,(H,21,23)/t15-,17-/m1/s1.